The lowest BCUT2D eigenvalue weighted by Gasteiger charge is -2.40. The van der Waals surface area contributed by atoms with E-state index in [0.29, 0.717) is 6.42 Å². The molecule has 0 spiro atoms. The highest BCUT2D eigenvalue weighted by molar-refractivity contribution is 5.76. The van der Waals surface area contributed by atoms with Crippen molar-refractivity contribution in [3.05, 3.63) is 134 Å². The van der Waals surface area contributed by atoms with Crippen LogP contribution in [0.25, 0.3) is 0 Å². The summed E-state index contributed by atoms with van der Waals surface area (Å²) in [5, 5.41) is 54.7. The Morgan fingerprint density at radius 2 is 0.738 bits per heavy atom. The van der Waals surface area contributed by atoms with E-state index in [2.05, 4.69) is 141 Å². The average molecular weight is 1170 g/mol. The van der Waals surface area contributed by atoms with Crippen molar-refractivity contribution in [2.24, 2.45) is 0 Å². The lowest BCUT2D eigenvalue weighted by molar-refractivity contribution is -0.302. The third kappa shape index (κ3) is 50.5. The molecule has 1 saturated heterocycles. The second-order valence-corrected chi connectivity index (χ2v) is 23.2. The van der Waals surface area contributed by atoms with Gasteiger partial charge in [-0.25, -0.2) is 0 Å². The van der Waals surface area contributed by atoms with Crippen LogP contribution in [-0.4, -0.2) is 87.5 Å². The number of carbonyl (C=O) groups is 1. The van der Waals surface area contributed by atoms with Crippen LogP contribution in [0.2, 0.25) is 0 Å². The fraction of sp³-hybridized carbons (Fsp3) is 0.693. The molecule has 9 heteroatoms. The van der Waals surface area contributed by atoms with Crippen molar-refractivity contribution in [1.29, 1.82) is 0 Å². The van der Waals surface area contributed by atoms with Gasteiger partial charge in [0, 0.05) is 6.42 Å². The minimum atomic E-state index is -1.58. The molecule has 84 heavy (non-hydrogen) atoms. The van der Waals surface area contributed by atoms with Crippen molar-refractivity contribution >= 4 is 5.91 Å². The summed E-state index contributed by atoms with van der Waals surface area (Å²) >= 11 is 0. The van der Waals surface area contributed by atoms with Crippen LogP contribution < -0.4 is 5.32 Å². The number of unbranched alkanes of at least 4 members (excludes halogenated alkanes) is 28. The Kier molecular flexibility index (Phi) is 58.2. The third-order valence-corrected chi connectivity index (χ3v) is 15.5. The number of allylic oxidation sites excluding steroid dienone is 21. The van der Waals surface area contributed by atoms with Gasteiger partial charge in [-0.2, -0.15) is 0 Å². The van der Waals surface area contributed by atoms with Crippen LogP contribution in [0, 0.1) is 0 Å². The van der Waals surface area contributed by atoms with Crippen LogP contribution in [0.4, 0.5) is 0 Å². The number of carbonyl (C=O) groups excluding carboxylic acids is 1. The Morgan fingerprint density at radius 3 is 1.10 bits per heavy atom. The number of hydrogen-bond acceptors (Lipinski definition) is 8. The average Bonchev–Trinajstić information content (AvgIpc) is 3.70. The van der Waals surface area contributed by atoms with Crippen molar-refractivity contribution in [3.8, 4) is 0 Å². The topological polar surface area (TPSA) is 149 Å². The zero-order valence-corrected chi connectivity index (χ0v) is 53.6. The lowest BCUT2D eigenvalue weighted by atomic mass is 9.99. The van der Waals surface area contributed by atoms with Gasteiger partial charge in [-0.1, -0.05) is 308 Å². The summed E-state index contributed by atoms with van der Waals surface area (Å²) < 4.78 is 11.3. The molecule has 1 fully saturated rings. The van der Waals surface area contributed by atoms with Gasteiger partial charge in [0.2, 0.25) is 5.91 Å². The van der Waals surface area contributed by atoms with E-state index < -0.39 is 49.5 Å². The van der Waals surface area contributed by atoms with Crippen molar-refractivity contribution < 1.29 is 39.8 Å². The summed E-state index contributed by atoms with van der Waals surface area (Å²) in [5.41, 5.74) is 0. The van der Waals surface area contributed by atoms with Crippen LogP contribution in [0.1, 0.15) is 277 Å². The molecule has 0 aliphatic carbocycles. The molecule has 9 nitrogen and oxygen atoms in total. The molecule has 0 saturated carbocycles. The first kappa shape index (κ1) is 78.3. The van der Waals surface area contributed by atoms with E-state index in [4.69, 9.17) is 9.47 Å². The highest BCUT2D eigenvalue weighted by Gasteiger charge is 2.44. The van der Waals surface area contributed by atoms with Crippen LogP contribution >= 0.6 is 0 Å². The molecular formula is C75H127NO8. The van der Waals surface area contributed by atoms with Crippen LogP contribution in [0.15, 0.2) is 134 Å². The molecule has 0 aromatic carbocycles. The van der Waals surface area contributed by atoms with Gasteiger partial charge in [-0.15, -0.1) is 0 Å². The predicted octanol–water partition coefficient (Wildman–Crippen LogP) is 18.8. The maximum atomic E-state index is 13.1. The summed E-state index contributed by atoms with van der Waals surface area (Å²) in [6.07, 6.45) is 88.3. The SMILES string of the molecule is CC/C=C\C/C=C\C/C=C\C/C=C\C/C=C\C/C=C\C/C=C\C/C=C\C/C=C\C/C=C\CCCCC(=O)NC(COC1OC(CO)C(O)C(O)C1O)C(O)/C=C/CCCCCCCCCCCCCCCCCCCCCCCCCCCC. The fourth-order valence-corrected chi connectivity index (χ4v) is 10.1. The number of hydrogen-bond donors (Lipinski definition) is 6. The normalized spacial score (nSPS) is 19.1. The molecule has 0 aromatic rings. The smallest absolute Gasteiger partial charge is 0.220 e. The van der Waals surface area contributed by atoms with E-state index in [9.17, 15) is 30.3 Å². The summed E-state index contributed by atoms with van der Waals surface area (Å²) in [6.45, 7) is 3.66. The Bertz CT molecular complexity index is 1790. The molecule has 1 rings (SSSR count). The molecule has 480 valence electrons. The number of aliphatic hydroxyl groups is 5. The van der Waals surface area contributed by atoms with Gasteiger partial charge in [-0.05, 0) is 96.3 Å². The highest BCUT2D eigenvalue weighted by Crippen LogP contribution is 2.23. The largest absolute Gasteiger partial charge is 0.394 e. The standard InChI is InChI=1S/C75H127NO8/c1-3-5-7-9-11-13-15-17-19-21-23-25-27-29-31-33-34-35-36-37-39-41-43-45-47-49-51-53-55-57-59-61-63-65-71(79)76-68(67-83-75-74(82)73(81)72(80)70(66-77)84-75)69(78)64-62-60-58-56-54-52-50-48-46-44-42-40-38-32-30-28-26-24-22-20-18-16-14-12-10-8-6-4-2/h5,7,11,13,17,19,23,25,29,31,34-35,37,39,43,45,49,51,55,57,62,64,68-70,72-75,77-78,80-82H,3-4,6,8-10,12,14-16,18,20-22,24,26-28,30,32-33,36,38,40-42,44,46-48,50,52-54,56,58-61,63,65-67H2,1-2H3,(H,76,79)/b7-5-,13-11-,19-17-,25-23-,31-29-,35-34-,39-37-,45-43-,51-49-,57-55-,64-62+. The van der Waals surface area contributed by atoms with E-state index >= 15 is 0 Å². The number of aliphatic hydroxyl groups excluding tert-OH is 5. The molecule has 7 unspecified atom stereocenters. The molecule has 6 N–H and O–H groups in total. The van der Waals surface area contributed by atoms with Crippen molar-refractivity contribution in [1.82, 2.24) is 5.32 Å². The second-order valence-electron chi connectivity index (χ2n) is 23.2. The van der Waals surface area contributed by atoms with Crippen LogP contribution in [0.5, 0.6) is 0 Å². The van der Waals surface area contributed by atoms with E-state index in [-0.39, 0.29) is 18.9 Å². The van der Waals surface area contributed by atoms with Gasteiger partial charge >= 0.3 is 0 Å². The molecule has 0 bridgehead atoms. The number of nitrogens with one attached hydrogen (secondary N) is 1. The van der Waals surface area contributed by atoms with Crippen molar-refractivity contribution in [2.75, 3.05) is 13.2 Å². The minimum absolute atomic E-state index is 0.214. The van der Waals surface area contributed by atoms with Gasteiger partial charge in [-0.3, -0.25) is 4.79 Å². The predicted molar refractivity (Wildman–Crippen MR) is 359 cm³/mol. The molecule has 0 radical (unpaired) electrons. The number of ether oxygens (including phenoxy) is 2. The molecule has 1 aliphatic rings. The zero-order valence-electron chi connectivity index (χ0n) is 53.6. The zero-order chi connectivity index (χ0) is 60.7. The molecule has 7 atom stereocenters. The summed E-state index contributed by atoms with van der Waals surface area (Å²) in [7, 11) is 0. The van der Waals surface area contributed by atoms with Gasteiger partial charge < -0.3 is 40.3 Å². The summed E-state index contributed by atoms with van der Waals surface area (Å²) in [5.74, 6) is -0.222. The molecular weight excluding hydrogens is 1040 g/mol. The molecule has 1 aliphatic heterocycles. The Morgan fingerprint density at radius 1 is 0.417 bits per heavy atom. The van der Waals surface area contributed by atoms with E-state index in [0.717, 1.165) is 96.3 Å². The first-order valence-corrected chi connectivity index (χ1v) is 34.4. The maximum Gasteiger partial charge on any atom is 0.220 e. The molecule has 1 amide bonds. The maximum absolute atomic E-state index is 13.1. The molecule has 1 heterocycles. The quantitative estimate of drug-likeness (QED) is 0.0261. The monoisotopic (exact) mass is 1170 g/mol. The lowest BCUT2D eigenvalue weighted by Crippen LogP contribution is -2.60. The third-order valence-electron chi connectivity index (χ3n) is 15.5. The van der Waals surface area contributed by atoms with E-state index in [1.54, 1.807) is 6.08 Å². The number of amides is 1. The first-order chi connectivity index (χ1) is 41.3. The van der Waals surface area contributed by atoms with Crippen molar-refractivity contribution in [3.63, 3.8) is 0 Å². The molecule has 0 aromatic heterocycles. The summed E-state index contributed by atoms with van der Waals surface area (Å²) in [6, 6.07) is -0.841. The van der Waals surface area contributed by atoms with Gasteiger partial charge in [0.05, 0.1) is 25.4 Å². The Hall–Kier alpha value is -3.67. The minimum Gasteiger partial charge on any atom is -0.394 e. The highest BCUT2D eigenvalue weighted by atomic mass is 16.7. The number of rotatable bonds is 58. The van der Waals surface area contributed by atoms with Gasteiger partial charge in [0.25, 0.3) is 0 Å². The van der Waals surface area contributed by atoms with E-state index in [1.165, 1.54) is 154 Å². The van der Waals surface area contributed by atoms with Crippen molar-refractivity contribution in [2.45, 2.75) is 320 Å². The summed E-state index contributed by atoms with van der Waals surface area (Å²) in [4.78, 5) is 13.1. The Labute approximate surface area is 515 Å². The fourth-order valence-electron chi connectivity index (χ4n) is 10.1. The van der Waals surface area contributed by atoms with Crippen LogP contribution in [0.3, 0.4) is 0 Å². The second kappa shape index (κ2) is 62.4. The first-order valence-electron chi connectivity index (χ1n) is 34.4. The Balaban J connectivity index is 2.22. The van der Waals surface area contributed by atoms with Gasteiger partial charge in [0.1, 0.15) is 24.4 Å². The van der Waals surface area contributed by atoms with Crippen LogP contribution in [-0.2, 0) is 14.3 Å². The van der Waals surface area contributed by atoms with Gasteiger partial charge in [0.15, 0.2) is 6.29 Å². The van der Waals surface area contributed by atoms with E-state index in [1.807, 2.05) is 6.08 Å².